The summed E-state index contributed by atoms with van der Waals surface area (Å²) in [4.78, 5) is 19.6. The molecule has 1 amide bonds. The van der Waals surface area contributed by atoms with Crippen molar-refractivity contribution in [2.24, 2.45) is 5.92 Å². The zero-order valence-corrected chi connectivity index (χ0v) is 14.3. The summed E-state index contributed by atoms with van der Waals surface area (Å²) in [6.45, 7) is 3.04. The van der Waals surface area contributed by atoms with Gasteiger partial charge in [0.15, 0.2) is 0 Å². The Hall–Kier alpha value is -1.68. The molecule has 4 heteroatoms. The van der Waals surface area contributed by atoms with Crippen LogP contribution < -0.4 is 0 Å². The average molecular weight is 326 g/mol. The van der Waals surface area contributed by atoms with Gasteiger partial charge in [-0.3, -0.25) is 4.79 Å². The maximum Gasteiger partial charge on any atom is 0.226 e. The molecule has 2 heterocycles. The average Bonchev–Trinajstić information content (AvgIpc) is 3.18. The Labute approximate surface area is 141 Å². The van der Waals surface area contributed by atoms with Gasteiger partial charge in [-0.25, -0.2) is 4.98 Å². The second kappa shape index (κ2) is 6.08. The van der Waals surface area contributed by atoms with Gasteiger partial charge < -0.3 is 4.90 Å². The number of carbonyl (C=O) groups excluding carboxylic acids is 1. The topological polar surface area (TPSA) is 33.2 Å². The predicted molar refractivity (Wildman–Crippen MR) is 92.4 cm³/mol. The van der Waals surface area contributed by atoms with Crippen molar-refractivity contribution in [2.45, 2.75) is 44.6 Å². The molecule has 0 unspecified atom stereocenters. The van der Waals surface area contributed by atoms with Gasteiger partial charge in [-0.15, -0.1) is 11.3 Å². The van der Waals surface area contributed by atoms with Crippen molar-refractivity contribution >= 4 is 17.2 Å². The van der Waals surface area contributed by atoms with Gasteiger partial charge in [-0.2, -0.15) is 0 Å². The predicted octanol–water partition coefficient (Wildman–Crippen LogP) is 4.31. The Kier molecular flexibility index (Phi) is 3.93. The highest BCUT2D eigenvalue weighted by molar-refractivity contribution is 7.09. The van der Waals surface area contributed by atoms with Crippen molar-refractivity contribution in [1.82, 2.24) is 9.88 Å². The van der Waals surface area contributed by atoms with Crippen LogP contribution in [0.25, 0.3) is 0 Å². The van der Waals surface area contributed by atoms with E-state index in [9.17, 15) is 4.79 Å². The lowest BCUT2D eigenvalue weighted by Gasteiger charge is -2.35. The Morgan fingerprint density at radius 3 is 2.96 bits per heavy atom. The first kappa shape index (κ1) is 14.9. The van der Waals surface area contributed by atoms with E-state index >= 15 is 0 Å². The quantitative estimate of drug-likeness (QED) is 0.842. The summed E-state index contributed by atoms with van der Waals surface area (Å²) in [5, 5.41) is 3.12. The van der Waals surface area contributed by atoms with Gasteiger partial charge in [0, 0.05) is 24.0 Å². The van der Waals surface area contributed by atoms with Crippen LogP contribution in [0.4, 0.5) is 0 Å². The molecule has 2 aliphatic rings. The highest BCUT2D eigenvalue weighted by atomic mass is 32.1. The number of amides is 1. The highest BCUT2D eigenvalue weighted by Gasteiger charge is 2.47. The number of likely N-dealkylation sites (tertiary alicyclic amines) is 1. The van der Waals surface area contributed by atoms with E-state index in [0.717, 1.165) is 30.8 Å². The van der Waals surface area contributed by atoms with E-state index in [-0.39, 0.29) is 12.0 Å². The molecule has 1 aromatic heterocycles. The maximum absolute atomic E-state index is 13.1. The first-order valence-electron chi connectivity index (χ1n) is 8.51. The van der Waals surface area contributed by atoms with E-state index in [1.165, 1.54) is 17.5 Å². The van der Waals surface area contributed by atoms with E-state index in [4.69, 9.17) is 0 Å². The number of benzene rings is 1. The third-order valence-electron chi connectivity index (χ3n) is 5.22. The second-order valence-corrected chi connectivity index (χ2v) is 7.64. The first-order valence-corrected chi connectivity index (χ1v) is 9.39. The molecule has 0 bridgehead atoms. The number of aromatic nitrogens is 1. The number of carbonyl (C=O) groups is 1. The molecule has 1 aliphatic carbocycles. The van der Waals surface area contributed by atoms with Crippen LogP contribution in [-0.2, 0) is 4.79 Å². The van der Waals surface area contributed by atoms with Crippen molar-refractivity contribution in [1.29, 1.82) is 0 Å². The van der Waals surface area contributed by atoms with Crippen LogP contribution in [0, 0.1) is 12.8 Å². The van der Waals surface area contributed by atoms with Gasteiger partial charge >= 0.3 is 0 Å². The minimum Gasteiger partial charge on any atom is -0.333 e. The monoisotopic (exact) mass is 326 g/mol. The van der Waals surface area contributed by atoms with Crippen LogP contribution in [0.5, 0.6) is 0 Å². The van der Waals surface area contributed by atoms with Gasteiger partial charge in [0.2, 0.25) is 5.91 Å². The van der Waals surface area contributed by atoms with Gasteiger partial charge in [-0.05, 0) is 49.7 Å². The lowest BCUT2D eigenvalue weighted by atomic mass is 10.00. The smallest absolute Gasteiger partial charge is 0.226 e. The van der Waals surface area contributed by atoms with Crippen LogP contribution in [-0.4, -0.2) is 22.3 Å². The minimum atomic E-state index is 0.177. The fourth-order valence-corrected chi connectivity index (χ4v) is 4.66. The maximum atomic E-state index is 13.1. The molecular formula is C19H22N2OS. The molecular weight excluding hydrogens is 304 g/mol. The first-order chi connectivity index (χ1) is 11.3. The number of piperidine rings is 1. The molecule has 1 saturated carbocycles. The molecule has 1 saturated heterocycles. The molecule has 3 atom stereocenters. The van der Waals surface area contributed by atoms with Crippen molar-refractivity contribution in [3.63, 3.8) is 0 Å². The number of nitrogens with zero attached hydrogens (tertiary/aromatic N) is 2. The summed E-state index contributed by atoms with van der Waals surface area (Å²) in [5.41, 5.74) is 2.66. The molecule has 120 valence electrons. The molecule has 23 heavy (non-hydrogen) atoms. The van der Waals surface area contributed by atoms with Gasteiger partial charge in [0.1, 0.15) is 5.01 Å². The third kappa shape index (κ3) is 2.80. The summed E-state index contributed by atoms with van der Waals surface area (Å²) >= 11 is 1.68. The van der Waals surface area contributed by atoms with Crippen LogP contribution in [0.15, 0.2) is 35.8 Å². The Morgan fingerprint density at radius 1 is 1.30 bits per heavy atom. The summed E-state index contributed by atoms with van der Waals surface area (Å²) in [6.07, 6.45) is 6.23. The molecule has 1 aliphatic heterocycles. The van der Waals surface area contributed by atoms with Crippen LogP contribution in [0.1, 0.15) is 53.8 Å². The van der Waals surface area contributed by atoms with Gasteiger partial charge in [0.25, 0.3) is 0 Å². The zero-order chi connectivity index (χ0) is 15.8. The fourth-order valence-electron chi connectivity index (χ4n) is 3.88. The van der Waals surface area contributed by atoms with Gasteiger partial charge in [0.05, 0.1) is 6.04 Å². The molecule has 3 nitrogen and oxygen atoms in total. The molecule has 0 radical (unpaired) electrons. The normalized spacial score (nSPS) is 27.0. The number of rotatable bonds is 3. The van der Waals surface area contributed by atoms with Crippen molar-refractivity contribution in [3.05, 3.63) is 52.0 Å². The number of hydrogen-bond acceptors (Lipinski definition) is 3. The molecule has 0 N–H and O–H groups in total. The van der Waals surface area contributed by atoms with E-state index < -0.39 is 0 Å². The summed E-state index contributed by atoms with van der Waals surface area (Å²) in [5.74, 6) is 0.942. The van der Waals surface area contributed by atoms with E-state index in [1.54, 1.807) is 11.3 Å². The number of hydrogen-bond donors (Lipinski definition) is 0. The Morgan fingerprint density at radius 2 is 2.17 bits per heavy atom. The standard InChI is InChI=1S/C19H22N2OS/c1-13-6-2-3-7-14(13)15-12-16(15)19(22)21-10-5-4-8-17(21)18-20-9-11-23-18/h2-3,6-7,9,11,15-17H,4-5,8,10,12H2,1H3/t15-,16+,17-/m0/s1. The van der Waals surface area contributed by atoms with Crippen molar-refractivity contribution in [3.8, 4) is 0 Å². The van der Waals surface area contributed by atoms with Crippen LogP contribution in [0.3, 0.4) is 0 Å². The largest absolute Gasteiger partial charge is 0.333 e. The molecule has 1 aromatic carbocycles. The van der Waals surface area contributed by atoms with E-state index in [2.05, 4.69) is 41.1 Å². The molecule has 0 spiro atoms. The lowest BCUT2D eigenvalue weighted by Crippen LogP contribution is -2.39. The number of aryl methyl sites for hydroxylation is 1. The zero-order valence-electron chi connectivity index (χ0n) is 13.4. The summed E-state index contributed by atoms with van der Waals surface area (Å²) in [6, 6.07) is 8.69. The third-order valence-corrected chi connectivity index (χ3v) is 6.09. The Bertz CT molecular complexity index is 697. The van der Waals surface area contributed by atoms with Crippen LogP contribution in [0.2, 0.25) is 0 Å². The highest BCUT2D eigenvalue weighted by Crippen LogP contribution is 2.50. The van der Waals surface area contributed by atoms with Gasteiger partial charge in [-0.1, -0.05) is 24.3 Å². The SMILES string of the molecule is Cc1ccccc1[C@@H]1C[C@H]1C(=O)N1CCCC[C@H]1c1nccs1. The second-order valence-electron chi connectivity index (χ2n) is 6.72. The molecule has 4 rings (SSSR count). The summed E-state index contributed by atoms with van der Waals surface area (Å²) in [7, 11) is 0. The molecule has 2 aromatic rings. The van der Waals surface area contributed by atoms with Crippen LogP contribution >= 0.6 is 11.3 Å². The minimum absolute atomic E-state index is 0.177. The lowest BCUT2D eigenvalue weighted by molar-refractivity contribution is -0.136. The summed E-state index contributed by atoms with van der Waals surface area (Å²) < 4.78 is 0. The van der Waals surface area contributed by atoms with E-state index in [1.807, 2.05) is 11.6 Å². The van der Waals surface area contributed by atoms with Crippen molar-refractivity contribution in [2.75, 3.05) is 6.54 Å². The fraction of sp³-hybridized carbons (Fsp3) is 0.474. The van der Waals surface area contributed by atoms with E-state index in [0.29, 0.717) is 11.8 Å². The number of thiazole rings is 1. The van der Waals surface area contributed by atoms with Crippen molar-refractivity contribution < 1.29 is 4.79 Å². The molecule has 2 fully saturated rings. The Balaban J connectivity index is 1.51.